The van der Waals surface area contributed by atoms with Crippen LogP contribution in [0.15, 0.2) is 47.3 Å². The summed E-state index contributed by atoms with van der Waals surface area (Å²) >= 11 is 3.40. The van der Waals surface area contributed by atoms with Crippen LogP contribution in [-0.2, 0) is 0 Å². The van der Waals surface area contributed by atoms with E-state index in [9.17, 15) is 0 Å². The fourth-order valence-electron chi connectivity index (χ4n) is 1.09. The fraction of sp³-hybridized carbons (Fsp3) is 0. The summed E-state index contributed by atoms with van der Waals surface area (Å²) in [6, 6.07) is 7.77. The van der Waals surface area contributed by atoms with Gasteiger partial charge in [0, 0.05) is 28.6 Å². The molecule has 2 nitrogen and oxygen atoms in total. The average molecular weight is 235 g/mol. The van der Waals surface area contributed by atoms with E-state index in [4.69, 9.17) is 0 Å². The molecular weight excluding hydrogens is 228 g/mol. The van der Waals surface area contributed by atoms with Crippen LogP contribution in [0.4, 0.5) is 0 Å². The van der Waals surface area contributed by atoms with Crippen molar-refractivity contribution in [3.63, 3.8) is 0 Å². The number of halogens is 1. The highest BCUT2D eigenvalue weighted by atomic mass is 79.9. The highest BCUT2D eigenvalue weighted by molar-refractivity contribution is 9.10. The Kier molecular flexibility index (Phi) is 2.36. The van der Waals surface area contributed by atoms with Crippen LogP contribution in [0.5, 0.6) is 0 Å². The van der Waals surface area contributed by atoms with Crippen molar-refractivity contribution in [1.82, 2.24) is 9.97 Å². The second-order valence-electron chi connectivity index (χ2n) is 2.60. The molecule has 0 saturated heterocycles. The molecule has 0 bridgehead atoms. The molecule has 2 heterocycles. The Morgan fingerprint density at radius 2 is 1.77 bits per heavy atom. The molecule has 2 rings (SSSR count). The van der Waals surface area contributed by atoms with E-state index in [1.807, 2.05) is 24.3 Å². The first-order valence-electron chi connectivity index (χ1n) is 3.88. The first-order chi connectivity index (χ1) is 6.36. The summed E-state index contributed by atoms with van der Waals surface area (Å²) in [5, 5.41) is 0. The van der Waals surface area contributed by atoms with Crippen LogP contribution >= 0.6 is 15.9 Å². The smallest absolute Gasteiger partial charge is 0.0714 e. The molecule has 2 aromatic heterocycles. The van der Waals surface area contributed by atoms with Gasteiger partial charge in [-0.1, -0.05) is 15.9 Å². The Hall–Kier alpha value is -1.22. The third kappa shape index (κ3) is 1.92. The zero-order valence-electron chi connectivity index (χ0n) is 6.81. The minimum atomic E-state index is 0.955. The summed E-state index contributed by atoms with van der Waals surface area (Å²) in [4.78, 5) is 8.21. The zero-order chi connectivity index (χ0) is 9.10. The summed E-state index contributed by atoms with van der Waals surface area (Å²) in [6.07, 6.45) is 5.30. The van der Waals surface area contributed by atoms with Crippen LogP contribution in [0, 0.1) is 0 Å². The lowest BCUT2D eigenvalue weighted by Gasteiger charge is -1.99. The molecular formula is C10H7BrN2. The van der Waals surface area contributed by atoms with Gasteiger partial charge in [-0.2, -0.15) is 0 Å². The third-order valence-corrected chi connectivity index (χ3v) is 2.19. The lowest BCUT2D eigenvalue weighted by molar-refractivity contribution is 1.28. The standard InChI is InChI=1S/C10H7BrN2/c11-9-3-6-13-10(7-9)8-1-4-12-5-2-8/h1-7H. The Morgan fingerprint density at radius 1 is 1.00 bits per heavy atom. The van der Waals surface area contributed by atoms with Gasteiger partial charge in [0.1, 0.15) is 0 Å². The Bertz CT molecular complexity index is 401. The minimum absolute atomic E-state index is 0.955. The maximum absolute atomic E-state index is 4.25. The first-order valence-corrected chi connectivity index (χ1v) is 4.67. The van der Waals surface area contributed by atoms with Crippen molar-refractivity contribution >= 4 is 15.9 Å². The lowest BCUT2D eigenvalue weighted by atomic mass is 10.2. The number of nitrogens with zero attached hydrogens (tertiary/aromatic N) is 2. The number of hydrogen-bond acceptors (Lipinski definition) is 2. The molecule has 0 fully saturated rings. The Morgan fingerprint density at radius 3 is 2.46 bits per heavy atom. The molecule has 0 spiro atoms. The number of pyridine rings is 2. The predicted molar refractivity (Wildman–Crippen MR) is 55.2 cm³/mol. The molecule has 0 aromatic carbocycles. The van der Waals surface area contributed by atoms with Gasteiger partial charge in [-0.25, -0.2) is 0 Å². The lowest BCUT2D eigenvalue weighted by Crippen LogP contribution is -1.82. The molecule has 0 amide bonds. The fourth-order valence-corrected chi connectivity index (χ4v) is 1.42. The summed E-state index contributed by atoms with van der Waals surface area (Å²) in [5.74, 6) is 0. The second-order valence-corrected chi connectivity index (χ2v) is 3.51. The van der Waals surface area contributed by atoms with Crippen molar-refractivity contribution in [3.05, 3.63) is 47.3 Å². The Balaban J connectivity index is 2.48. The van der Waals surface area contributed by atoms with E-state index in [1.54, 1.807) is 18.6 Å². The van der Waals surface area contributed by atoms with Crippen LogP contribution < -0.4 is 0 Å². The molecule has 0 atom stereocenters. The number of hydrogen-bond donors (Lipinski definition) is 0. The SMILES string of the molecule is Brc1ccnc(-c2ccncc2)c1. The van der Waals surface area contributed by atoms with Gasteiger partial charge in [0.05, 0.1) is 5.69 Å². The van der Waals surface area contributed by atoms with Gasteiger partial charge in [0.25, 0.3) is 0 Å². The quantitative estimate of drug-likeness (QED) is 0.759. The molecule has 0 aliphatic rings. The van der Waals surface area contributed by atoms with Crippen molar-refractivity contribution < 1.29 is 0 Å². The molecule has 0 radical (unpaired) electrons. The summed E-state index contributed by atoms with van der Waals surface area (Å²) in [6.45, 7) is 0. The molecule has 13 heavy (non-hydrogen) atoms. The van der Waals surface area contributed by atoms with Crippen molar-refractivity contribution in [2.24, 2.45) is 0 Å². The van der Waals surface area contributed by atoms with E-state index in [0.29, 0.717) is 0 Å². The van der Waals surface area contributed by atoms with E-state index in [2.05, 4.69) is 25.9 Å². The van der Waals surface area contributed by atoms with Gasteiger partial charge in [-0.05, 0) is 24.3 Å². The maximum atomic E-state index is 4.25. The van der Waals surface area contributed by atoms with Crippen molar-refractivity contribution in [2.45, 2.75) is 0 Å². The van der Waals surface area contributed by atoms with Crippen molar-refractivity contribution in [3.8, 4) is 11.3 Å². The van der Waals surface area contributed by atoms with Crippen LogP contribution in [0.2, 0.25) is 0 Å². The largest absolute Gasteiger partial charge is 0.265 e. The monoisotopic (exact) mass is 234 g/mol. The van der Waals surface area contributed by atoms with E-state index < -0.39 is 0 Å². The maximum Gasteiger partial charge on any atom is 0.0714 e. The summed E-state index contributed by atoms with van der Waals surface area (Å²) in [7, 11) is 0. The number of aromatic nitrogens is 2. The van der Waals surface area contributed by atoms with Gasteiger partial charge in [0.2, 0.25) is 0 Å². The molecule has 2 aromatic rings. The van der Waals surface area contributed by atoms with E-state index in [0.717, 1.165) is 15.7 Å². The Labute approximate surface area is 84.8 Å². The van der Waals surface area contributed by atoms with Crippen LogP contribution in [-0.4, -0.2) is 9.97 Å². The summed E-state index contributed by atoms with van der Waals surface area (Å²) in [5.41, 5.74) is 2.04. The van der Waals surface area contributed by atoms with Gasteiger partial charge >= 0.3 is 0 Å². The third-order valence-electron chi connectivity index (χ3n) is 1.70. The van der Waals surface area contributed by atoms with Crippen LogP contribution in [0.1, 0.15) is 0 Å². The van der Waals surface area contributed by atoms with Crippen LogP contribution in [0.25, 0.3) is 11.3 Å². The second kappa shape index (κ2) is 3.66. The highest BCUT2D eigenvalue weighted by Crippen LogP contribution is 2.18. The van der Waals surface area contributed by atoms with Gasteiger partial charge in [-0.15, -0.1) is 0 Å². The zero-order valence-corrected chi connectivity index (χ0v) is 8.40. The van der Waals surface area contributed by atoms with Crippen molar-refractivity contribution in [2.75, 3.05) is 0 Å². The van der Waals surface area contributed by atoms with Gasteiger partial charge in [-0.3, -0.25) is 9.97 Å². The molecule has 0 aliphatic heterocycles. The molecule has 0 saturated carbocycles. The predicted octanol–water partition coefficient (Wildman–Crippen LogP) is 2.91. The van der Waals surface area contributed by atoms with E-state index in [-0.39, 0.29) is 0 Å². The van der Waals surface area contributed by atoms with E-state index >= 15 is 0 Å². The first kappa shape index (κ1) is 8.38. The summed E-state index contributed by atoms with van der Waals surface area (Å²) < 4.78 is 1.04. The normalized spacial score (nSPS) is 9.92. The average Bonchev–Trinajstić information content (AvgIpc) is 2.19. The van der Waals surface area contributed by atoms with E-state index in [1.165, 1.54) is 0 Å². The minimum Gasteiger partial charge on any atom is -0.265 e. The number of rotatable bonds is 1. The molecule has 64 valence electrons. The van der Waals surface area contributed by atoms with Gasteiger partial charge < -0.3 is 0 Å². The molecule has 3 heteroatoms. The van der Waals surface area contributed by atoms with Crippen molar-refractivity contribution in [1.29, 1.82) is 0 Å². The molecule has 0 unspecified atom stereocenters. The molecule has 0 N–H and O–H groups in total. The highest BCUT2D eigenvalue weighted by Gasteiger charge is 1.97. The van der Waals surface area contributed by atoms with Gasteiger partial charge in [0.15, 0.2) is 0 Å². The molecule has 0 aliphatic carbocycles. The topological polar surface area (TPSA) is 25.8 Å². The van der Waals surface area contributed by atoms with Crippen LogP contribution in [0.3, 0.4) is 0 Å².